The molecule has 3 rings (SSSR count). The molecule has 1 unspecified atom stereocenters. The Hall–Kier alpha value is -2.22. The van der Waals surface area contributed by atoms with Gasteiger partial charge in [0, 0.05) is 32.4 Å². The number of benzene rings is 1. The Balaban J connectivity index is 1.68. The predicted molar refractivity (Wildman–Crippen MR) is 90.1 cm³/mol. The zero-order valence-corrected chi connectivity index (χ0v) is 14.4. The molecule has 0 spiro atoms. The number of hydrogen-bond donors (Lipinski definition) is 0. The lowest BCUT2D eigenvalue weighted by atomic mass is 10.0. The van der Waals surface area contributed by atoms with E-state index in [1.807, 2.05) is 0 Å². The molecule has 26 heavy (non-hydrogen) atoms. The molecule has 0 N–H and O–H groups in total. The van der Waals surface area contributed by atoms with Crippen LogP contribution in [0.15, 0.2) is 36.5 Å². The van der Waals surface area contributed by atoms with Gasteiger partial charge in [0.15, 0.2) is 0 Å². The van der Waals surface area contributed by atoms with Gasteiger partial charge in [-0.1, -0.05) is 12.1 Å². The van der Waals surface area contributed by atoms with Gasteiger partial charge in [-0.25, -0.2) is 14.4 Å². The number of anilines is 1. The highest BCUT2D eigenvalue weighted by Gasteiger charge is 2.34. The van der Waals surface area contributed by atoms with Gasteiger partial charge in [-0.3, -0.25) is 4.90 Å². The maximum Gasteiger partial charge on any atom is 0.433 e. The molecule has 1 aromatic heterocycles. The van der Waals surface area contributed by atoms with E-state index >= 15 is 0 Å². The number of alkyl halides is 3. The van der Waals surface area contributed by atoms with Crippen molar-refractivity contribution in [3.63, 3.8) is 0 Å². The zero-order chi connectivity index (χ0) is 18.7. The number of aromatic nitrogens is 2. The van der Waals surface area contributed by atoms with Crippen LogP contribution >= 0.6 is 0 Å². The van der Waals surface area contributed by atoms with Gasteiger partial charge in [0.1, 0.15) is 11.5 Å². The van der Waals surface area contributed by atoms with Crippen LogP contribution in [0.3, 0.4) is 0 Å². The van der Waals surface area contributed by atoms with Crippen LogP contribution in [0.4, 0.5) is 23.5 Å². The molecule has 1 atom stereocenters. The first-order valence-electron chi connectivity index (χ1n) is 8.43. The largest absolute Gasteiger partial charge is 0.433 e. The smallest absolute Gasteiger partial charge is 0.340 e. The Morgan fingerprint density at radius 2 is 1.92 bits per heavy atom. The molecule has 0 radical (unpaired) electrons. The molecule has 1 fully saturated rings. The zero-order valence-electron chi connectivity index (χ0n) is 14.4. The minimum Gasteiger partial charge on any atom is -0.340 e. The number of nitrogens with zero attached hydrogens (tertiary/aromatic N) is 4. The second kappa shape index (κ2) is 7.57. The van der Waals surface area contributed by atoms with E-state index in [1.54, 1.807) is 24.1 Å². The van der Waals surface area contributed by atoms with E-state index in [0.717, 1.165) is 37.2 Å². The monoisotopic (exact) mass is 368 g/mol. The quantitative estimate of drug-likeness (QED) is 0.770. The molecule has 0 saturated carbocycles. The van der Waals surface area contributed by atoms with Crippen molar-refractivity contribution in [1.82, 2.24) is 14.9 Å². The lowest BCUT2D eigenvalue weighted by molar-refractivity contribution is -0.141. The van der Waals surface area contributed by atoms with Gasteiger partial charge in [0.25, 0.3) is 0 Å². The van der Waals surface area contributed by atoms with Crippen LogP contribution in [0.25, 0.3) is 0 Å². The molecule has 1 aliphatic heterocycles. The lowest BCUT2D eigenvalue weighted by Crippen LogP contribution is -2.46. The number of rotatable bonds is 4. The van der Waals surface area contributed by atoms with Gasteiger partial charge in [0.05, 0.1) is 0 Å². The molecule has 4 nitrogen and oxygen atoms in total. The van der Waals surface area contributed by atoms with Gasteiger partial charge in [-0.05, 0) is 43.1 Å². The maximum absolute atomic E-state index is 13.0. The molecule has 0 aliphatic carbocycles. The van der Waals surface area contributed by atoms with Crippen molar-refractivity contribution in [3.8, 4) is 0 Å². The first-order valence-corrected chi connectivity index (χ1v) is 8.43. The average molecular weight is 368 g/mol. The van der Waals surface area contributed by atoms with Crippen molar-refractivity contribution < 1.29 is 17.6 Å². The van der Waals surface area contributed by atoms with E-state index in [1.165, 1.54) is 12.1 Å². The van der Waals surface area contributed by atoms with Crippen LogP contribution in [0, 0.1) is 5.82 Å². The minimum atomic E-state index is -4.49. The number of hydrogen-bond acceptors (Lipinski definition) is 4. The average Bonchev–Trinajstić information content (AvgIpc) is 2.63. The normalized spacial score (nSPS) is 18.7. The van der Waals surface area contributed by atoms with Crippen LogP contribution in [-0.4, -0.2) is 41.0 Å². The minimum absolute atomic E-state index is 0.0210. The molecular formula is C18H20F4N4. The van der Waals surface area contributed by atoms with Crippen LogP contribution in [-0.2, 0) is 12.7 Å². The summed E-state index contributed by atoms with van der Waals surface area (Å²) in [5, 5.41) is 0. The van der Waals surface area contributed by atoms with Crippen LogP contribution in [0.1, 0.15) is 24.1 Å². The number of likely N-dealkylation sites (tertiary alicyclic amines) is 1. The molecule has 1 saturated heterocycles. The van der Waals surface area contributed by atoms with Crippen molar-refractivity contribution >= 4 is 5.95 Å². The molecule has 0 amide bonds. The Morgan fingerprint density at radius 3 is 2.62 bits per heavy atom. The van der Waals surface area contributed by atoms with E-state index in [9.17, 15) is 17.6 Å². The van der Waals surface area contributed by atoms with Crippen molar-refractivity contribution in [2.75, 3.05) is 25.0 Å². The molecule has 0 bridgehead atoms. The highest BCUT2D eigenvalue weighted by Crippen LogP contribution is 2.29. The summed E-state index contributed by atoms with van der Waals surface area (Å²) in [7, 11) is 1.72. The Morgan fingerprint density at radius 1 is 1.19 bits per heavy atom. The van der Waals surface area contributed by atoms with E-state index < -0.39 is 11.9 Å². The summed E-state index contributed by atoms with van der Waals surface area (Å²) in [5.74, 6) is -0.194. The summed E-state index contributed by atoms with van der Waals surface area (Å²) >= 11 is 0. The summed E-state index contributed by atoms with van der Waals surface area (Å²) in [6, 6.07) is 7.25. The Labute approximate surface area is 149 Å². The molecule has 1 aliphatic rings. The van der Waals surface area contributed by atoms with Crippen molar-refractivity contribution in [2.24, 2.45) is 0 Å². The summed E-state index contributed by atoms with van der Waals surface area (Å²) in [6.45, 7) is 2.26. The Bertz CT molecular complexity index is 733. The van der Waals surface area contributed by atoms with E-state index in [0.29, 0.717) is 13.1 Å². The molecule has 8 heteroatoms. The fraction of sp³-hybridized carbons (Fsp3) is 0.444. The van der Waals surface area contributed by atoms with E-state index in [2.05, 4.69) is 14.9 Å². The molecule has 1 aromatic carbocycles. The number of likely N-dealkylation sites (N-methyl/N-ethyl adjacent to an activating group) is 1. The van der Waals surface area contributed by atoms with Gasteiger partial charge < -0.3 is 4.90 Å². The highest BCUT2D eigenvalue weighted by molar-refractivity contribution is 5.32. The Kier molecular flexibility index (Phi) is 5.41. The lowest BCUT2D eigenvalue weighted by Gasteiger charge is -2.37. The van der Waals surface area contributed by atoms with Gasteiger partial charge >= 0.3 is 6.18 Å². The first kappa shape index (κ1) is 18.6. The molecule has 2 heterocycles. The van der Waals surface area contributed by atoms with E-state index in [4.69, 9.17) is 0 Å². The van der Waals surface area contributed by atoms with E-state index in [-0.39, 0.29) is 17.8 Å². The van der Waals surface area contributed by atoms with Gasteiger partial charge in [-0.2, -0.15) is 13.2 Å². The standard InChI is InChI=1S/C18H20F4N4/c1-25(17-23-9-8-16(24-17)18(20,21)22)15-3-2-10-26(12-15)11-13-4-6-14(19)7-5-13/h4-9,15H,2-3,10-12H2,1H3. The summed E-state index contributed by atoms with van der Waals surface area (Å²) in [6.07, 6.45) is -1.56. The predicted octanol–water partition coefficient (Wildman–Crippen LogP) is 3.74. The van der Waals surface area contributed by atoms with Crippen molar-refractivity contribution in [1.29, 1.82) is 0 Å². The molecule has 140 valence electrons. The SMILES string of the molecule is CN(c1nccc(C(F)(F)F)n1)C1CCCN(Cc2ccc(F)cc2)C1. The van der Waals surface area contributed by atoms with Crippen LogP contribution in [0.5, 0.6) is 0 Å². The fourth-order valence-corrected chi connectivity index (χ4v) is 3.18. The second-order valence-corrected chi connectivity index (χ2v) is 6.51. The van der Waals surface area contributed by atoms with Crippen molar-refractivity contribution in [2.45, 2.75) is 31.6 Å². The second-order valence-electron chi connectivity index (χ2n) is 6.51. The van der Waals surface area contributed by atoms with Gasteiger partial charge in [-0.15, -0.1) is 0 Å². The van der Waals surface area contributed by atoms with Gasteiger partial charge in [0.2, 0.25) is 5.95 Å². The molecular weight excluding hydrogens is 348 g/mol. The summed E-state index contributed by atoms with van der Waals surface area (Å²) < 4.78 is 51.6. The first-order chi connectivity index (χ1) is 12.3. The number of piperidine rings is 1. The molecule has 2 aromatic rings. The third kappa shape index (κ3) is 4.49. The third-order valence-electron chi connectivity index (χ3n) is 4.60. The highest BCUT2D eigenvalue weighted by atomic mass is 19.4. The topological polar surface area (TPSA) is 32.3 Å². The van der Waals surface area contributed by atoms with Crippen LogP contribution in [0.2, 0.25) is 0 Å². The number of halogens is 4. The van der Waals surface area contributed by atoms with Crippen LogP contribution < -0.4 is 4.90 Å². The summed E-state index contributed by atoms with van der Waals surface area (Å²) in [4.78, 5) is 11.6. The fourth-order valence-electron chi connectivity index (χ4n) is 3.18. The maximum atomic E-state index is 13.0. The van der Waals surface area contributed by atoms with Crippen molar-refractivity contribution in [3.05, 3.63) is 53.6 Å². The third-order valence-corrected chi connectivity index (χ3v) is 4.60. The summed E-state index contributed by atoms with van der Waals surface area (Å²) in [5.41, 5.74) is 0.0679.